The Kier molecular flexibility index (Phi) is 5.72. The Hall–Kier alpha value is -3.16. The van der Waals surface area contributed by atoms with E-state index in [2.05, 4.69) is 9.98 Å². The molecular weight excluding hydrogens is 394 g/mol. The largest absolute Gasteiger partial charge is 0.433 e. The summed E-state index contributed by atoms with van der Waals surface area (Å²) in [6.45, 7) is 0. The minimum absolute atomic E-state index is 0.0524. The number of halogens is 6. The Morgan fingerprint density at radius 2 is 1.10 bits per heavy atom. The van der Waals surface area contributed by atoms with Gasteiger partial charge in [0.25, 0.3) is 0 Å². The minimum Gasteiger partial charge on any atom is -0.244 e. The van der Waals surface area contributed by atoms with Crippen LogP contribution in [0.3, 0.4) is 0 Å². The molecule has 0 fully saturated rings. The topological polar surface area (TPSA) is 24.7 Å². The van der Waals surface area contributed by atoms with Crippen LogP contribution in [-0.4, -0.2) is 23.8 Å². The molecular formula is C21H14F6N2. The van der Waals surface area contributed by atoms with Gasteiger partial charge in [-0.2, -0.15) is 26.3 Å². The lowest BCUT2D eigenvalue weighted by atomic mass is 10.1. The Labute approximate surface area is 162 Å². The molecule has 0 saturated heterocycles. The third-order valence-corrected chi connectivity index (χ3v) is 3.98. The van der Waals surface area contributed by atoms with Gasteiger partial charge >= 0.3 is 12.4 Å². The van der Waals surface area contributed by atoms with Crippen molar-refractivity contribution in [3.8, 4) is 0 Å². The van der Waals surface area contributed by atoms with Gasteiger partial charge in [-0.05, 0) is 42.3 Å². The number of aliphatic imine (C=N–C) groups is 2. The molecule has 2 aromatic carbocycles. The zero-order chi connectivity index (χ0) is 21.1. The highest BCUT2D eigenvalue weighted by Crippen LogP contribution is 2.34. The van der Waals surface area contributed by atoms with Crippen molar-refractivity contribution in [2.45, 2.75) is 18.8 Å². The van der Waals surface area contributed by atoms with Gasteiger partial charge in [0.05, 0.1) is 11.4 Å². The van der Waals surface area contributed by atoms with Gasteiger partial charge < -0.3 is 0 Å². The second-order valence-corrected chi connectivity index (χ2v) is 6.12. The standard InChI is InChI=1S/C21H14F6N2/c22-20(23,24)18(28-16-7-3-1-4-8-16)14-11-12-15(13-14)19(21(25,26)27)29-17-9-5-2-6-10-17/h1-11,13H,12H2. The Balaban J connectivity index is 2.01. The van der Waals surface area contributed by atoms with E-state index in [1.54, 1.807) is 12.1 Å². The van der Waals surface area contributed by atoms with Crippen molar-refractivity contribution in [1.82, 2.24) is 0 Å². The van der Waals surface area contributed by atoms with Crippen molar-refractivity contribution in [2.75, 3.05) is 0 Å². The number of allylic oxidation sites excluding steroid dienone is 4. The summed E-state index contributed by atoms with van der Waals surface area (Å²) in [6, 6.07) is 14.8. The molecule has 0 N–H and O–H groups in total. The number of nitrogens with zero attached hydrogens (tertiary/aromatic N) is 2. The molecule has 1 aliphatic rings. The van der Waals surface area contributed by atoms with E-state index < -0.39 is 29.3 Å². The van der Waals surface area contributed by atoms with E-state index in [0.717, 1.165) is 12.2 Å². The summed E-state index contributed by atoms with van der Waals surface area (Å²) in [5.74, 6) is 0. The van der Waals surface area contributed by atoms with Gasteiger partial charge in [-0.25, -0.2) is 9.98 Å². The molecule has 0 spiro atoms. The normalized spacial score (nSPS) is 15.9. The molecule has 2 nitrogen and oxygen atoms in total. The molecule has 0 heterocycles. The second-order valence-electron chi connectivity index (χ2n) is 6.12. The lowest BCUT2D eigenvalue weighted by Crippen LogP contribution is -2.25. The molecule has 0 aliphatic heterocycles. The number of hydrogen-bond acceptors (Lipinski definition) is 2. The summed E-state index contributed by atoms with van der Waals surface area (Å²) in [6.07, 6.45) is -8.05. The summed E-state index contributed by atoms with van der Waals surface area (Å²) in [5, 5.41) is 0. The maximum atomic E-state index is 13.5. The van der Waals surface area contributed by atoms with Crippen molar-refractivity contribution in [3.63, 3.8) is 0 Å². The van der Waals surface area contributed by atoms with Crippen LogP contribution in [0, 0.1) is 0 Å². The summed E-state index contributed by atoms with van der Waals surface area (Å²) in [5.41, 5.74) is -3.13. The highest BCUT2D eigenvalue weighted by atomic mass is 19.4. The Bertz CT molecular complexity index is 981. The van der Waals surface area contributed by atoms with Gasteiger partial charge in [-0.3, -0.25) is 0 Å². The quantitative estimate of drug-likeness (QED) is 0.388. The molecule has 0 aromatic heterocycles. The summed E-state index contributed by atoms with van der Waals surface area (Å²) in [7, 11) is 0. The molecule has 0 amide bonds. The van der Waals surface area contributed by atoms with Crippen LogP contribution in [0.1, 0.15) is 6.42 Å². The zero-order valence-corrected chi connectivity index (χ0v) is 14.8. The van der Waals surface area contributed by atoms with E-state index >= 15 is 0 Å². The highest BCUT2D eigenvalue weighted by Gasteiger charge is 2.42. The predicted molar refractivity (Wildman–Crippen MR) is 100.0 cm³/mol. The predicted octanol–water partition coefficient (Wildman–Crippen LogP) is 6.91. The second kappa shape index (κ2) is 8.06. The number of para-hydroxylation sites is 2. The maximum absolute atomic E-state index is 13.5. The van der Waals surface area contributed by atoms with Gasteiger partial charge in [0.1, 0.15) is 5.71 Å². The van der Waals surface area contributed by atoms with Crippen molar-refractivity contribution in [1.29, 1.82) is 0 Å². The van der Waals surface area contributed by atoms with Crippen molar-refractivity contribution < 1.29 is 26.3 Å². The molecule has 1 aliphatic carbocycles. The van der Waals surface area contributed by atoms with E-state index in [9.17, 15) is 26.3 Å². The molecule has 29 heavy (non-hydrogen) atoms. The molecule has 3 rings (SSSR count). The molecule has 150 valence electrons. The molecule has 0 radical (unpaired) electrons. The average molecular weight is 408 g/mol. The monoisotopic (exact) mass is 408 g/mol. The first-order chi connectivity index (χ1) is 13.6. The number of hydrogen-bond donors (Lipinski definition) is 0. The average Bonchev–Trinajstić information content (AvgIpc) is 3.13. The lowest BCUT2D eigenvalue weighted by molar-refractivity contribution is -0.0588. The first-order valence-electron chi connectivity index (χ1n) is 8.48. The fraction of sp³-hybridized carbons (Fsp3) is 0.143. The molecule has 2 aromatic rings. The molecule has 0 bridgehead atoms. The molecule has 0 saturated carbocycles. The van der Waals surface area contributed by atoms with Gasteiger partial charge in [0.2, 0.25) is 0 Å². The first kappa shape index (κ1) is 20.6. The number of benzene rings is 2. The Morgan fingerprint density at radius 1 is 0.655 bits per heavy atom. The molecule has 0 unspecified atom stereocenters. The van der Waals surface area contributed by atoms with E-state index in [1.165, 1.54) is 48.5 Å². The summed E-state index contributed by atoms with van der Waals surface area (Å²) >= 11 is 0. The van der Waals surface area contributed by atoms with Crippen LogP contribution in [0.2, 0.25) is 0 Å². The highest BCUT2D eigenvalue weighted by molar-refractivity contribution is 6.13. The minimum atomic E-state index is -4.83. The fourth-order valence-corrected chi connectivity index (χ4v) is 2.73. The SMILES string of the molecule is FC(F)(F)C(=Nc1ccccc1)C1=CCC(C(=Nc2ccccc2)C(F)(F)F)=C1. The van der Waals surface area contributed by atoms with Crippen molar-refractivity contribution >= 4 is 22.8 Å². The summed E-state index contributed by atoms with van der Waals surface area (Å²) < 4.78 is 81.1. The fourth-order valence-electron chi connectivity index (χ4n) is 2.73. The third kappa shape index (κ3) is 5.22. The van der Waals surface area contributed by atoms with E-state index in [0.29, 0.717) is 0 Å². The Morgan fingerprint density at radius 3 is 1.55 bits per heavy atom. The van der Waals surface area contributed by atoms with Gasteiger partial charge in [-0.1, -0.05) is 42.5 Å². The van der Waals surface area contributed by atoms with Crippen LogP contribution in [0.5, 0.6) is 0 Å². The van der Waals surface area contributed by atoms with Crippen LogP contribution in [-0.2, 0) is 0 Å². The zero-order valence-electron chi connectivity index (χ0n) is 14.8. The van der Waals surface area contributed by atoms with E-state index in [1.807, 2.05) is 0 Å². The van der Waals surface area contributed by atoms with Gasteiger partial charge in [-0.15, -0.1) is 0 Å². The number of rotatable bonds is 4. The molecule has 0 atom stereocenters. The van der Waals surface area contributed by atoms with Gasteiger partial charge in [0, 0.05) is 5.57 Å². The smallest absolute Gasteiger partial charge is 0.244 e. The van der Waals surface area contributed by atoms with Crippen LogP contribution < -0.4 is 0 Å². The van der Waals surface area contributed by atoms with Gasteiger partial charge in [0.15, 0.2) is 5.71 Å². The first-order valence-corrected chi connectivity index (χ1v) is 8.48. The third-order valence-electron chi connectivity index (χ3n) is 3.98. The van der Waals surface area contributed by atoms with Crippen LogP contribution in [0.15, 0.2) is 93.9 Å². The van der Waals surface area contributed by atoms with Crippen LogP contribution >= 0.6 is 0 Å². The molecule has 8 heteroatoms. The van der Waals surface area contributed by atoms with Crippen LogP contribution in [0.4, 0.5) is 37.7 Å². The van der Waals surface area contributed by atoms with Crippen LogP contribution in [0.25, 0.3) is 0 Å². The van der Waals surface area contributed by atoms with E-state index in [-0.39, 0.29) is 23.4 Å². The van der Waals surface area contributed by atoms with Crippen molar-refractivity contribution in [3.05, 3.63) is 84.0 Å². The lowest BCUT2D eigenvalue weighted by Gasteiger charge is -2.12. The maximum Gasteiger partial charge on any atom is 0.433 e. The summed E-state index contributed by atoms with van der Waals surface area (Å²) in [4.78, 5) is 7.23. The number of alkyl halides is 6. The van der Waals surface area contributed by atoms with Crippen molar-refractivity contribution in [2.24, 2.45) is 9.98 Å². The van der Waals surface area contributed by atoms with E-state index in [4.69, 9.17) is 0 Å².